The van der Waals surface area contributed by atoms with E-state index in [0.29, 0.717) is 0 Å². The summed E-state index contributed by atoms with van der Waals surface area (Å²) < 4.78 is 1.81. The van der Waals surface area contributed by atoms with Gasteiger partial charge in [-0.3, -0.25) is 0 Å². The fraction of sp³-hybridized carbons (Fsp3) is 0.222. The van der Waals surface area contributed by atoms with Gasteiger partial charge in [0.05, 0.1) is 6.04 Å². The molecule has 0 fully saturated rings. The number of fused-ring (bicyclic) bond motifs is 3. The lowest BCUT2D eigenvalue weighted by atomic mass is 10.0. The topological polar surface area (TPSA) is 69.6 Å². The third kappa shape index (κ3) is 0.761. The first-order valence-electron chi connectivity index (χ1n) is 4.45. The van der Waals surface area contributed by atoms with E-state index in [4.69, 9.17) is 5.73 Å². The Kier molecular flexibility index (Phi) is 1.24. The molecule has 2 aromatic rings. The van der Waals surface area contributed by atoms with Crippen LogP contribution in [-0.4, -0.2) is 20.2 Å². The van der Waals surface area contributed by atoms with Crippen molar-refractivity contribution < 1.29 is 0 Å². The Morgan fingerprint density at radius 1 is 1.43 bits per heavy atom. The minimum absolute atomic E-state index is 0.179. The molecule has 1 aliphatic rings. The molecule has 0 amide bonds. The monoisotopic (exact) mass is 187 g/mol. The quantitative estimate of drug-likeness (QED) is 0.620. The van der Waals surface area contributed by atoms with E-state index in [2.05, 4.69) is 22.4 Å². The van der Waals surface area contributed by atoms with Gasteiger partial charge in [-0.25, -0.2) is 4.68 Å². The summed E-state index contributed by atoms with van der Waals surface area (Å²) in [5.74, 6) is 0.826. The zero-order chi connectivity index (χ0) is 9.71. The van der Waals surface area contributed by atoms with Gasteiger partial charge in [-0.1, -0.05) is 0 Å². The van der Waals surface area contributed by atoms with E-state index >= 15 is 0 Å². The SMILES string of the molecule is CC1c2cc(N)ccc2-c2nnnn21. The molecule has 1 aromatic carbocycles. The van der Waals surface area contributed by atoms with Crippen LogP contribution in [0.25, 0.3) is 11.4 Å². The molecule has 0 spiro atoms. The highest BCUT2D eigenvalue weighted by atomic mass is 15.6. The predicted octanol–water partition coefficient (Wildman–Crippen LogP) is 0.845. The molecule has 5 nitrogen and oxygen atoms in total. The number of hydrogen-bond donors (Lipinski definition) is 1. The third-order valence-corrected chi connectivity index (χ3v) is 2.63. The summed E-state index contributed by atoms with van der Waals surface area (Å²) in [5, 5.41) is 11.6. The van der Waals surface area contributed by atoms with Crippen molar-refractivity contribution >= 4 is 5.69 Å². The molecule has 5 heteroatoms. The standard InChI is InChI=1S/C9H9N5/c1-5-8-4-6(10)2-3-7(8)9-11-12-13-14(5)9/h2-5H,10H2,1H3. The maximum absolute atomic E-state index is 5.73. The van der Waals surface area contributed by atoms with Gasteiger partial charge >= 0.3 is 0 Å². The number of rotatable bonds is 0. The largest absolute Gasteiger partial charge is 0.399 e. The maximum Gasteiger partial charge on any atom is 0.182 e. The van der Waals surface area contributed by atoms with Crippen LogP contribution >= 0.6 is 0 Å². The van der Waals surface area contributed by atoms with Crippen molar-refractivity contribution in [3.05, 3.63) is 23.8 Å². The van der Waals surface area contributed by atoms with E-state index in [9.17, 15) is 0 Å². The number of tetrazole rings is 1. The lowest BCUT2D eigenvalue weighted by Gasteiger charge is -2.05. The summed E-state index contributed by atoms with van der Waals surface area (Å²) in [6, 6.07) is 5.99. The van der Waals surface area contributed by atoms with E-state index in [1.807, 2.05) is 22.9 Å². The Balaban J connectivity index is 2.33. The normalized spacial score (nSPS) is 17.9. The van der Waals surface area contributed by atoms with Crippen molar-refractivity contribution in [1.82, 2.24) is 20.2 Å². The number of nitrogens with zero attached hydrogens (tertiary/aromatic N) is 4. The smallest absolute Gasteiger partial charge is 0.182 e. The maximum atomic E-state index is 5.73. The van der Waals surface area contributed by atoms with Crippen molar-refractivity contribution in [2.24, 2.45) is 0 Å². The molecular weight excluding hydrogens is 178 g/mol. The molecule has 1 aromatic heterocycles. The molecule has 1 atom stereocenters. The highest BCUT2D eigenvalue weighted by Gasteiger charge is 2.27. The van der Waals surface area contributed by atoms with Crippen LogP contribution in [0.2, 0.25) is 0 Å². The van der Waals surface area contributed by atoms with Crippen LogP contribution in [0, 0.1) is 0 Å². The van der Waals surface area contributed by atoms with Crippen LogP contribution in [0.1, 0.15) is 18.5 Å². The van der Waals surface area contributed by atoms with Crippen LogP contribution in [0.15, 0.2) is 18.2 Å². The fourth-order valence-electron chi connectivity index (χ4n) is 1.89. The first-order chi connectivity index (χ1) is 6.77. The average molecular weight is 187 g/mol. The Hall–Kier alpha value is -1.91. The molecule has 70 valence electrons. The van der Waals surface area contributed by atoms with Crippen molar-refractivity contribution in [3.8, 4) is 11.4 Å². The molecule has 0 radical (unpaired) electrons. The molecule has 2 N–H and O–H groups in total. The van der Waals surface area contributed by atoms with E-state index in [-0.39, 0.29) is 6.04 Å². The van der Waals surface area contributed by atoms with Gasteiger partial charge in [0.1, 0.15) is 0 Å². The molecule has 3 rings (SSSR count). The lowest BCUT2D eigenvalue weighted by molar-refractivity contribution is 0.567. The average Bonchev–Trinajstić information content (AvgIpc) is 2.72. The zero-order valence-corrected chi connectivity index (χ0v) is 7.68. The van der Waals surface area contributed by atoms with Crippen LogP contribution < -0.4 is 5.73 Å². The highest BCUT2D eigenvalue weighted by Crippen LogP contribution is 2.37. The first kappa shape index (κ1) is 7.49. The molecule has 1 aliphatic heterocycles. The number of aromatic nitrogens is 4. The Morgan fingerprint density at radius 2 is 2.29 bits per heavy atom. The number of nitrogens with two attached hydrogens (primary N) is 1. The van der Waals surface area contributed by atoms with Gasteiger partial charge in [0.2, 0.25) is 0 Å². The van der Waals surface area contributed by atoms with Crippen LogP contribution in [0.5, 0.6) is 0 Å². The van der Waals surface area contributed by atoms with Gasteiger partial charge in [0.15, 0.2) is 5.82 Å². The summed E-state index contributed by atoms with van der Waals surface area (Å²) in [7, 11) is 0. The second-order valence-electron chi connectivity index (χ2n) is 3.47. The van der Waals surface area contributed by atoms with Gasteiger partial charge < -0.3 is 5.73 Å². The van der Waals surface area contributed by atoms with Gasteiger partial charge in [0.25, 0.3) is 0 Å². The molecular formula is C9H9N5. The second kappa shape index (κ2) is 2.31. The summed E-state index contributed by atoms with van der Waals surface area (Å²) in [5.41, 5.74) is 8.75. The second-order valence-corrected chi connectivity index (χ2v) is 3.47. The zero-order valence-electron chi connectivity index (χ0n) is 7.68. The predicted molar refractivity (Wildman–Crippen MR) is 51.5 cm³/mol. The van der Waals surface area contributed by atoms with E-state index in [0.717, 1.165) is 17.1 Å². The molecule has 1 unspecified atom stereocenters. The van der Waals surface area contributed by atoms with Gasteiger partial charge in [-0.05, 0) is 41.1 Å². The van der Waals surface area contributed by atoms with Crippen molar-refractivity contribution in [2.75, 3.05) is 5.73 Å². The minimum atomic E-state index is 0.179. The number of nitrogen functional groups attached to an aromatic ring is 1. The van der Waals surface area contributed by atoms with Gasteiger partial charge in [-0.2, -0.15) is 0 Å². The highest BCUT2D eigenvalue weighted by molar-refractivity contribution is 5.68. The molecule has 2 heterocycles. The Morgan fingerprint density at radius 3 is 3.14 bits per heavy atom. The van der Waals surface area contributed by atoms with Crippen LogP contribution in [-0.2, 0) is 0 Å². The lowest BCUT2D eigenvalue weighted by Crippen LogP contribution is -2.03. The van der Waals surface area contributed by atoms with E-state index in [1.165, 1.54) is 5.56 Å². The van der Waals surface area contributed by atoms with Gasteiger partial charge in [0, 0.05) is 11.3 Å². The van der Waals surface area contributed by atoms with Crippen molar-refractivity contribution in [3.63, 3.8) is 0 Å². The van der Waals surface area contributed by atoms with Crippen molar-refractivity contribution in [1.29, 1.82) is 0 Å². The van der Waals surface area contributed by atoms with Crippen LogP contribution in [0.4, 0.5) is 5.69 Å². The molecule has 14 heavy (non-hydrogen) atoms. The summed E-state index contributed by atoms with van der Waals surface area (Å²) >= 11 is 0. The first-order valence-corrected chi connectivity index (χ1v) is 4.45. The third-order valence-electron chi connectivity index (χ3n) is 2.63. The number of anilines is 1. The number of benzene rings is 1. The molecule has 0 bridgehead atoms. The molecule has 0 saturated carbocycles. The minimum Gasteiger partial charge on any atom is -0.399 e. The van der Waals surface area contributed by atoms with E-state index in [1.54, 1.807) is 0 Å². The van der Waals surface area contributed by atoms with Gasteiger partial charge in [-0.15, -0.1) is 5.10 Å². The summed E-state index contributed by atoms with van der Waals surface area (Å²) in [6.07, 6.45) is 0. The van der Waals surface area contributed by atoms with Crippen LogP contribution in [0.3, 0.4) is 0 Å². The Labute approximate surface area is 80.5 Å². The summed E-state index contributed by atoms with van der Waals surface area (Å²) in [4.78, 5) is 0. The molecule has 0 aliphatic carbocycles. The summed E-state index contributed by atoms with van der Waals surface area (Å²) in [6.45, 7) is 2.06. The number of hydrogen-bond acceptors (Lipinski definition) is 4. The Bertz CT molecular complexity index is 502. The fourth-order valence-corrected chi connectivity index (χ4v) is 1.89. The van der Waals surface area contributed by atoms with Crippen molar-refractivity contribution in [2.45, 2.75) is 13.0 Å². The molecule has 0 saturated heterocycles. The van der Waals surface area contributed by atoms with E-state index < -0.39 is 0 Å².